The molecular weight excluding hydrogens is 302 g/mol. The summed E-state index contributed by atoms with van der Waals surface area (Å²) in [6, 6.07) is 13.9. The number of fused-ring (bicyclic) bond motifs is 1. The molecule has 0 aliphatic heterocycles. The van der Waals surface area contributed by atoms with Gasteiger partial charge in [-0.05, 0) is 42.7 Å². The monoisotopic (exact) mass is 321 g/mol. The van der Waals surface area contributed by atoms with Crippen molar-refractivity contribution < 1.29 is 9.53 Å². The van der Waals surface area contributed by atoms with Crippen LogP contribution in [0.25, 0.3) is 5.65 Å². The lowest BCUT2D eigenvalue weighted by Crippen LogP contribution is -2.32. The van der Waals surface area contributed by atoms with Crippen LogP contribution in [0.3, 0.4) is 0 Å². The Balaban J connectivity index is 1.58. The minimum absolute atomic E-state index is 0.00276. The molecule has 0 N–H and O–H groups in total. The first-order valence-electron chi connectivity index (χ1n) is 8.12. The average molecular weight is 321 g/mol. The highest BCUT2D eigenvalue weighted by molar-refractivity contribution is 5.93. The molecule has 1 aromatic carbocycles. The van der Waals surface area contributed by atoms with Crippen LogP contribution < -0.4 is 4.74 Å². The number of methoxy groups -OCH3 is 1. The Kier molecular flexibility index (Phi) is 3.69. The molecular formula is C19H19N3O2. The van der Waals surface area contributed by atoms with E-state index >= 15 is 0 Å². The first kappa shape index (κ1) is 14.8. The van der Waals surface area contributed by atoms with Gasteiger partial charge in [-0.3, -0.25) is 4.79 Å². The molecule has 5 heteroatoms. The van der Waals surface area contributed by atoms with Gasteiger partial charge in [0.25, 0.3) is 5.91 Å². The number of carbonyl (C=O) groups is 1. The zero-order valence-electron chi connectivity index (χ0n) is 13.6. The molecule has 24 heavy (non-hydrogen) atoms. The fourth-order valence-corrected chi connectivity index (χ4v) is 2.87. The molecule has 1 amide bonds. The fourth-order valence-electron chi connectivity index (χ4n) is 2.87. The van der Waals surface area contributed by atoms with Crippen LogP contribution in [0.1, 0.15) is 28.9 Å². The van der Waals surface area contributed by atoms with Gasteiger partial charge in [0.15, 0.2) is 0 Å². The second kappa shape index (κ2) is 6.00. The van der Waals surface area contributed by atoms with Crippen molar-refractivity contribution in [3.05, 3.63) is 66.1 Å². The zero-order chi connectivity index (χ0) is 16.5. The minimum atomic E-state index is -0.00276. The van der Waals surface area contributed by atoms with Crippen LogP contribution in [0.5, 0.6) is 5.75 Å². The molecule has 0 bridgehead atoms. The van der Waals surface area contributed by atoms with E-state index in [1.807, 2.05) is 58.0 Å². The number of benzene rings is 1. The van der Waals surface area contributed by atoms with Crippen molar-refractivity contribution in [1.82, 2.24) is 14.3 Å². The van der Waals surface area contributed by atoms with E-state index in [0.29, 0.717) is 18.3 Å². The lowest BCUT2D eigenvalue weighted by atomic mass is 10.2. The summed E-state index contributed by atoms with van der Waals surface area (Å²) in [6.45, 7) is 0.599. The summed E-state index contributed by atoms with van der Waals surface area (Å²) in [4.78, 5) is 19.3. The van der Waals surface area contributed by atoms with E-state index in [9.17, 15) is 4.79 Å². The molecule has 0 unspecified atom stereocenters. The Morgan fingerprint density at radius 3 is 2.71 bits per heavy atom. The van der Waals surface area contributed by atoms with Crippen LogP contribution in [0.2, 0.25) is 0 Å². The Hall–Kier alpha value is -2.82. The van der Waals surface area contributed by atoms with E-state index in [4.69, 9.17) is 4.74 Å². The number of carbonyl (C=O) groups excluding carboxylic acids is 1. The summed E-state index contributed by atoms with van der Waals surface area (Å²) in [5, 5.41) is 0. The van der Waals surface area contributed by atoms with Crippen molar-refractivity contribution >= 4 is 11.6 Å². The molecule has 2 aromatic heterocycles. The quantitative estimate of drug-likeness (QED) is 0.725. The van der Waals surface area contributed by atoms with Gasteiger partial charge in [0.1, 0.15) is 17.1 Å². The van der Waals surface area contributed by atoms with Gasteiger partial charge in [0.2, 0.25) is 0 Å². The van der Waals surface area contributed by atoms with Crippen LogP contribution in [0, 0.1) is 0 Å². The molecule has 0 atom stereocenters. The first-order valence-corrected chi connectivity index (χ1v) is 8.12. The SMILES string of the molecule is COc1ccc(CN(C(=O)c2cn3ccccc3n2)C2CC2)cc1. The van der Waals surface area contributed by atoms with Gasteiger partial charge in [-0.25, -0.2) is 4.98 Å². The molecule has 0 spiro atoms. The van der Waals surface area contributed by atoms with Gasteiger partial charge in [0, 0.05) is 25.0 Å². The Morgan fingerprint density at radius 1 is 1.25 bits per heavy atom. The molecule has 2 heterocycles. The highest BCUT2D eigenvalue weighted by atomic mass is 16.5. The molecule has 122 valence electrons. The number of nitrogens with zero attached hydrogens (tertiary/aromatic N) is 3. The van der Waals surface area contributed by atoms with E-state index in [1.165, 1.54) is 0 Å². The van der Waals surface area contributed by atoms with Crippen molar-refractivity contribution in [2.75, 3.05) is 7.11 Å². The Labute approximate surface area is 140 Å². The number of ether oxygens (including phenoxy) is 1. The maximum atomic E-state index is 12.9. The van der Waals surface area contributed by atoms with Gasteiger partial charge in [-0.2, -0.15) is 0 Å². The molecule has 4 rings (SSSR count). The predicted molar refractivity (Wildman–Crippen MR) is 91.1 cm³/mol. The van der Waals surface area contributed by atoms with E-state index in [2.05, 4.69) is 4.98 Å². The number of imidazole rings is 1. The van der Waals surface area contributed by atoms with Crippen molar-refractivity contribution in [2.24, 2.45) is 0 Å². The van der Waals surface area contributed by atoms with Gasteiger partial charge in [-0.1, -0.05) is 18.2 Å². The van der Waals surface area contributed by atoms with Crippen molar-refractivity contribution in [2.45, 2.75) is 25.4 Å². The third-order valence-corrected chi connectivity index (χ3v) is 4.34. The normalized spacial score (nSPS) is 13.9. The molecule has 0 radical (unpaired) electrons. The third kappa shape index (κ3) is 2.85. The minimum Gasteiger partial charge on any atom is -0.497 e. The molecule has 1 aliphatic carbocycles. The van der Waals surface area contributed by atoms with Crippen molar-refractivity contribution in [3.63, 3.8) is 0 Å². The number of pyridine rings is 1. The largest absolute Gasteiger partial charge is 0.497 e. The van der Waals surface area contributed by atoms with Crippen LogP contribution in [-0.4, -0.2) is 33.3 Å². The van der Waals surface area contributed by atoms with Gasteiger partial charge < -0.3 is 14.0 Å². The number of aromatic nitrogens is 2. The van der Waals surface area contributed by atoms with Gasteiger partial charge >= 0.3 is 0 Å². The Bertz CT molecular complexity index is 833. The van der Waals surface area contributed by atoms with Gasteiger partial charge in [-0.15, -0.1) is 0 Å². The van der Waals surface area contributed by atoms with Crippen LogP contribution in [0.4, 0.5) is 0 Å². The van der Waals surface area contributed by atoms with E-state index in [1.54, 1.807) is 13.3 Å². The predicted octanol–water partition coefficient (Wildman–Crippen LogP) is 3.15. The summed E-state index contributed by atoms with van der Waals surface area (Å²) in [6.07, 6.45) is 5.84. The summed E-state index contributed by atoms with van der Waals surface area (Å²) in [7, 11) is 1.65. The number of hydrogen-bond acceptors (Lipinski definition) is 3. The Morgan fingerprint density at radius 2 is 2.04 bits per heavy atom. The second-order valence-corrected chi connectivity index (χ2v) is 6.10. The van der Waals surface area contributed by atoms with E-state index in [0.717, 1.165) is 29.8 Å². The lowest BCUT2D eigenvalue weighted by molar-refractivity contribution is 0.0724. The average Bonchev–Trinajstić information content (AvgIpc) is 3.37. The smallest absolute Gasteiger partial charge is 0.274 e. The summed E-state index contributed by atoms with van der Waals surface area (Å²) in [5.41, 5.74) is 2.39. The highest BCUT2D eigenvalue weighted by Gasteiger charge is 2.34. The van der Waals surface area contributed by atoms with E-state index in [-0.39, 0.29) is 5.91 Å². The molecule has 1 fully saturated rings. The summed E-state index contributed by atoms with van der Waals surface area (Å²) in [5.74, 6) is 0.820. The van der Waals surface area contributed by atoms with Gasteiger partial charge in [0.05, 0.1) is 7.11 Å². The topological polar surface area (TPSA) is 46.8 Å². The lowest BCUT2D eigenvalue weighted by Gasteiger charge is -2.21. The molecule has 1 aliphatic rings. The number of rotatable bonds is 5. The number of hydrogen-bond donors (Lipinski definition) is 0. The third-order valence-electron chi connectivity index (χ3n) is 4.34. The fraction of sp³-hybridized carbons (Fsp3) is 0.263. The standard InChI is InChI=1S/C19H19N3O2/c1-24-16-9-5-14(6-10-16)12-22(15-7-8-15)19(23)17-13-21-11-3-2-4-18(21)20-17/h2-6,9-11,13,15H,7-8,12H2,1H3. The second-order valence-electron chi connectivity index (χ2n) is 6.10. The highest BCUT2D eigenvalue weighted by Crippen LogP contribution is 2.30. The number of amides is 1. The van der Waals surface area contributed by atoms with Crippen LogP contribution in [-0.2, 0) is 6.54 Å². The maximum Gasteiger partial charge on any atom is 0.274 e. The van der Waals surface area contributed by atoms with Crippen LogP contribution >= 0.6 is 0 Å². The molecule has 5 nitrogen and oxygen atoms in total. The first-order chi connectivity index (χ1) is 11.7. The van der Waals surface area contributed by atoms with Crippen LogP contribution in [0.15, 0.2) is 54.9 Å². The van der Waals surface area contributed by atoms with Crippen molar-refractivity contribution in [1.29, 1.82) is 0 Å². The van der Waals surface area contributed by atoms with Crippen molar-refractivity contribution in [3.8, 4) is 5.75 Å². The molecule has 3 aromatic rings. The maximum absolute atomic E-state index is 12.9. The van der Waals surface area contributed by atoms with E-state index < -0.39 is 0 Å². The molecule has 0 saturated heterocycles. The summed E-state index contributed by atoms with van der Waals surface area (Å²) >= 11 is 0. The zero-order valence-corrected chi connectivity index (χ0v) is 13.6. The molecule has 1 saturated carbocycles. The summed E-state index contributed by atoms with van der Waals surface area (Å²) < 4.78 is 7.07.